The van der Waals surface area contributed by atoms with Gasteiger partial charge in [-0.2, -0.15) is 0 Å². The summed E-state index contributed by atoms with van der Waals surface area (Å²) in [7, 11) is 1.60. The Morgan fingerprint density at radius 2 is 2.24 bits per heavy atom. The number of nitrogens with zero attached hydrogens (tertiary/aromatic N) is 1. The van der Waals surface area contributed by atoms with E-state index in [4.69, 9.17) is 14.2 Å². The van der Waals surface area contributed by atoms with Crippen LogP contribution in [0.25, 0.3) is 6.08 Å². The predicted molar refractivity (Wildman–Crippen MR) is 106 cm³/mol. The lowest BCUT2D eigenvalue weighted by atomic mass is 10.1. The van der Waals surface area contributed by atoms with Crippen molar-refractivity contribution in [2.75, 3.05) is 13.7 Å². The summed E-state index contributed by atoms with van der Waals surface area (Å²) in [5.41, 5.74) is 1.07. The molecular weight excluding hydrogens is 453 g/mol. The van der Waals surface area contributed by atoms with Gasteiger partial charge in [0.25, 0.3) is 0 Å². The average Bonchev–Trinajstić information content (AvgIpc) is 3.24. The third kappa shape index (κ3) is 4.04. The molecule has 0 unspecified atom stereocenters. The van der Waals surface area contributed by atoms with Gasteiger partial charge < -0.3 is 14.2 Å². The van der Waals surface area contributed by atoms with Crippen LogP contribution in [-0.4, -0.2) is 25.6 Å². The molecule has 0 atom stereocenters. The van der Waals surface area contributed by atoms with E-state index in [2.05, 4.69) is 27.6 Å². The van der Waals surface area contributed by atoms with Crippen molar-refractivity contribution in [2.45, 2.75) is 13.3 Å². The number of thiophene rings is 1. The average molecular weight is 469 g/mol. The summed E-state index contributed by atoms with van der Waals surface area (Å²) in [6, 6.07) is 7.50. The summed E-state index contributed by atoms with van der Waals surface area (Å²) in [4.78, 5) is 17.2. The van der Waals surface area contributed by atoms with Gasteiger partial charge in [0.05, 0.1) is 22.2 Å². The topological polar surface area (TPSA) is 57.1 Å². The van der Waals surface area contributed by atoms with Gasteiger partial charge in [0.2, 0.25) is 5.90 Å². The molecule has 1 aromatic heterocycles. The Balaban J connectivity index is 1.93. The van der Waals surface area contributed by atoms with E-state index in [0.29, 0.717) is 24.0 Å². The highest BCUT2D eigenvalue weighted by Gasteiger charge is 2.25. The normalized spacial score (nSPS) is 15.2. The summed E-state index contributed by atoms with van der Waals surface area (Å²) in [6.45, 7) is 2.67. The second-order valence-electron chi connectivity index (χ2n) is 5.20. The van der Waals surface area contributed by atoms with Crippen molar-refractivity contribution in [1.29, 1.82) is 0 Å². The first-order chi connectivity index (χ1) is 12.1. The van der Waals surface area contributed by atoms with Gasteiger partial charge in [-0.15, -0.1) is 11.3 Å². The lowest BCUT2D eigenvalue weighted by molar-refractivity contribution is -0.129. The van der Waals surface area contributed by atoms with Crippen LogP contribution in [-0.2, 0) is 9.53 Å². The Morgan fingerprint density at radius 1 is 1.40 bits per heavy atom. The molecule has 2 heterocycles. The van der Waals surface area contributed by atoms with Gasteiger partial charge in [-0.25, -0.2) is 9.79 Å². The van der Waals surface area contributed by atoms with E-state index in [-0.39, 0.29) is 5.70 Å². The monoisotopic (exact) mass is 469 g/mol. The number of hydrogen-bond donors (Lipinski definition) is 0. The minimum atomic E-state index is -0.455. The van der Waals surface area contributed by atoms with Crippen molar-refractivity contribution in [3.8, 4) is 11.5 Å². The molecular formula is C18H16INO4S. The first-order valence-electron chi connectivity index (χ1n) is 7.69. The number of benzene rings is 1. The number of carbonyl (C=O) groups is 1. The lowest BCUT2D eigenvalue weighted by Gasteiger charge is -2.13. The van der Waals surface area contributed by atoms with Crippen molar-refractivity contribution >= 4 is 51.9 Å². The summed E-state index contributed by atoms with van der Waals surface area (Å²) >= 11 is 3.67. The van der Waals surface area contributed by atoms with Crippen LogP contribution in [0.1, 0.15) is 23.8 Å². The van der Waals surface area contributed by atoms with Crippen molar-refractivity contribution in [3.63, 3.8) is 0 Å². The molecule has 7 heteroatoms. The fourth-order valence-corrected chi connectivity index (χ4v) is 3.67. The Labute approximate surface area is 163 Å². The molecule has 0 radical (unpaired) electrons. The first kappa shape index (κ1) is 17.9. The van der Waals surface area contributed by atoms with E-state index in [1.165, 1.54) is 11.3 Å². The Bertz CT molecular complexity index is 843. The Hall–Kier alpha value is -1.87. The maximum absolute atomic E-state index is 12.1. The van der Waals surface area contributed by atoms with E-state index in [1.54, 1.807) is 13.2 Å². The number of ether oxygens (including phenoxy) is 3. The number of halogens is 1. The molecule has 1 aliphatic rings. The molecule has 0 fully saturated rings. The van der Waals surface area contributed by atoms with Crippen LogP contribution in [0.5, 0.6) is 11.5 Å². The molecule has 0 spiro atoms. The minimum absolute atomic E-state index is 0.267. The number of esters is 1. The molecule has 2 aromatic rings. The number of rotatable bonds is 6. The van der Waals surface area contributed by atoms with Gasteiger partial charge in [-0.3, -0.25) is 0 Å². The van der Waals surface area contributed by atoms with E-state index >= 15 is 0 Å². The number of methoxy groups -OCH3 is 1. The maximum atomic E-state index is 12.1. The second-order valence-corrected chi connectivity index (χ2v) is 7.31. The zero-order valence-corrected chi connectivity index (χ0v) is 16.7. The van der Waals surface area contributed by atoms with E-state index in [0.717, 1.165) is 20.4 Å². The van der Waals surface area contributed by atoms with Crippen LogP contribution < -0.4 is 9.47 Å². The van der Waals surface area contributed by atoms with Crippen LogP contribution >= 0.6 is 33.9 Å². The van der Waals surface area contributed by atoms with Gasteiger partial charge in [-0.05, 0) is 64.2 Å². The third-order valence-corrected chi connectivity index (χ3v) is 5.02. The highest BCUT2D eigenvalue weighted by Crippen LogP contribution is 2.35. The molecule has 0 bridgehead atoms. The third-order valence-electron chi connectivity index (χ3n) is 3.36. The largest absolute Gasteiger partial charge is 0.493 e. The molecule has 5 nitrogen and oxygen atoms in total. The van der Waals surface area contributed by atoms with Gasteiger partial charge in [0, 0.05) is 0 Å². The van der Waals surface area contributed by atoms with Crippen molar-refractivity contribution in [3.05, 3.63) is 49.4 Å². The van der Waals surface area contributed by atoms with Crippen LogP contribution in [0.4, 0.5) is 0 Å². The smallest absolute Gasteiger partial charge is 0.363 e. The van der Waals surface area contributed by atoms with Gasteiger partial charge in [0.1, 0.15) is 0 Å². The zero-order chi connectivity index (χ0) is 17.8. The lowest BCUT2D eigenvalue weighted by Crippen LogP contribution is -2.03. The Kier molecular flexibility index (Phi) is 5.74. The molecule has 3 rings (SSSR count). The highest BCUT2D eigenvalue weighted by atomic mass is 127. The Morgan fingerprint density at radius 3 is 2.92 bits per heavy atom. The molecule has 0 amide bonds. The molecule has 25 heavy (non-hydrogen) atoms. The summed E-state index contributed by atoms with van der Waals surface area (Å²) in [5.74, 6) is 1.23. The second kappa shape index (κ2) is 8.01. The van der Waals surface area contributed by atoms with Crippen LogP contribution in [0.15, 0.2) is 40.3 Å². The molecule has 130 valence electrons. The van der Waals surface area contributed by atoms with E-state index in [9.17, 15) is 4.79 Å². The molecule has 1 aliphatic heterocycles. The van der Waals surface area contributed by atoms with Crippen molar-refractivity contribution < 1.29 is 19.0 Å². The van der Waals surface area contributed by atoms with Crippen LogP contribution in [0.2, 0.25) is 0 Å². The fraction of sp³-hybridized carbons (Fsp3) is 0.222. The molecule has 1 aromatic carbocycles. The summed E-state index contributed by atoms with van der Waals surface area (Å²) in [6.07, 6.45) is 2.61. The number of cyclic esters (lactones) is 1. The maximum Gasteiger partial charge on any atom is 0.363 e. The fourth-order valence-electron chi connectivity index (χ4n) is 2.24. The minimum Gasteiger partial charge on any atom is -0.493 e. The standard InChI is InChI=1S/C18H16INO4S/c1-3-6-23-16-12(19)8-11(10-14(16)22-2)9-13-18(21)24-17(20-13)15-5-4-7-25-15/h4-5,7-10H,3,6H2,1-2H3/b13-9-. The number of hydrogen-bond acceptors (Lipinski definition) is 6. The molecule has 0 saturated carbocycles. The molecule has 0 saturated heterocycles. The van der Waals surface area contributed by atoms with Gasteiger partial charge in [0.15, 0.2) is 17.2 Å². The van der Waals surface area contributed by atoms with Crippen molar-refractivity contribution in [2.24, 2.45) is 4.99 Å². The van der Waals surface area contributed by atoms with Gasteiger partial charge >= 0.3 is 5.97 Å². The highest BCUT2D eigenvalue weighted by molar-refractivity contribution is 14.1. The summed E-state index contributed by atoms with van der Waals surface area (Å²) in [5, 5.41) is 1.91. The zero-order valence-electron chi connectivity index (χ0n) is 13.7. The SMILES string of the molecule is CCCOc1c(I)cc(/C=C2\N=C(c3cccs3)OC2=O)cc1OC. The number of carbonyl (C=O) groups excluding carboxylic acids is 1. The van der Waals surface area contributed by atoms with Crippen LogP contribution in [0, 0.1) is 3.57 Å². The number of aliphatic imine (C=N–C) groups is 1. The van der Waals surface area contributed by atoms with Crippen LogP contribution in [0.3, 0.4) is 0 Å². The molecule has 0 N–H and O–H groups in total. The quantitative estimate of drug-likeness (QED) is 0.356. The molecule has 0 aliphatic carbocycles. The van der Waals surface area contributed by atoms with E-state index < -0.39 is 5.97 Å². The first-order valence-corrected chi connectivity index (χ1v) is 9.65. The summed E-state index contributed by atoms with van der Waals surface area (Å²) < 4.78 is 17.3. The predicted octanol–water partition coefficient (Wildman–Crippen LogP) is 4.49. The van der Waals surface area contributed by atoms with Gasteiger partial charge in [-0.1, -0.05) is 13.0 Å². The van der Waals surface area contributed by atoms with Crippen molar-refractivity contribution in [1.82, 2.24) is 0 Å². The van der Waals surface area contributed by atoms with E-state index in [1.807, 2.05) is 36.6 Å².